The Hall–Kier alpha value is -1.80. The van der Waals surface area contributed by atoms with E-state index in [-0.39, 0.29) is 0 Å². The largest absolute Gasteiger partial charge is 0.492 e. The van der Waals surface area contributed by atoms with E-state index in [1.165, 1.54) is 6.07 Å². The van der Waals surface area contributed by atoms with Crippen molar-refractivity contribution in [3.05, 3.63) is 52.6 Å². The third-order valence-corrected chi connectivity index (χ3v) is 4.74. The van der Waals surface area contributed by atoms with Gasteiger partial charge in [0.25, 0.3) is 0 Å². The van der Waals surface area contributed by atoms with Gasteiger partial charge in [-0.2, -0.15) is 13.2 Å². The lowest BCUT2D eigenvalue weighted by Crippen LogP contribution is -2.47. The van der Waals surface area contributed by atoms with Gasteiger partial charge in [-0.15, -0.1) is 0 Å². The van der Waals surface area contributed by atoms with Gasteiger partial charge in [0, 0.05) is 43.4 Å². The zero-order chi connectivity index (χ0) is 18.6. The van der Waals surface area contributed by atoms with Crippen LogP contribution in [0.25, 0.3) is 0 Å². The van der Waals surface area contributed by atoms with E-state index in [4.69, 9.17) is 4.74 Å². The molecule has 3 rings (SSSR count). The van der Waals surface area contributed by atoms with Crippen LogP contribution >= 0.6 is 15.9 Å². The van der Waals surface area contributed by atoms with E-state index >= 15 is 0 Å². The predicted molar refractivity (Wildman–Crippen MR) is 97.5 cm³/mol. The number of pyridine rings is 1. The van der Waals surface area contributed by atoms with Crippen LogP contribution in [0.3, 0.4) is 0 Å². The number of anilines is 1. The Balaban J connectivity index is 1.44. The lowest BCUT2D eigenvalue weighted by Gasteiger charge is -2.35. The molecule has 0 aliphatic carbocycles. The van der Waals surface area contributed by atoms with E-state index in [2.05, 4.69) is 25.8 Å². The average Bonchev–Trinajstić information content (AvgIpc) is 2.62. The fourth-order valence-electron chi connectivity index (χ4n) is 2.79. The summed E-state index contributed by atoms with van der Waals surface area (Å²) in [6, 6.07) is 10.2. The second-order valence-corrected chi connectivity index (χ2v) is 6.95. The topological polar surface area (TPSA) is 28.6 Å². The highest BCUT2D eigenvalue weighted by atomic mass is 79.9. The smallest absolute Gasteiger partial charge is 0.417 e. The molecule has 0 amide bonds. The molecule has 2 heterocycles. The third kappa shape index (κ3) is 5.11. The predicted octanol–water partition coefficient (Wildman–Crippen LogP) is 4.06. The van der Waals surface area contributed by atoms with Crippen molar-refractivity contribution < 1.29 is 17.9 Å². The van der Waals surface area contributed by atoms with Crippen LogP contribution in [-0.2, 0) is 6.18 Å². The molecule has 1 aliphatic heterocycles. The molecule has 0 bridgehead atoms. The summed E-state index contributed by atoms with van der Waals surface area (Å²) in [6.45, 7) is 4.51. The number of benzene rings is 1. The molecule has 0 unspecified atom stereocenters. The second-order valence-electron chi connectivity index (χ2n) is 6.04. The van der Waals surface area contributed by atoms with Gasteiger partial charge in [0.2, 0.25) is 0 Å². The zero-order valence-corrected chi connectivity index (χ0v) is 15.6. The number of piperazine rings is 1. The Morgan fingerprint density at radius 1 is 1.08 bits per heavy atom. The molecule has 0 radical (unpaired) electrons. The highest BCUT2D eigenvalue weighted by Crippen LogP contribution is 2.29. The fourth-order valence-corrected chi connectivity index (χ4v) is 3.17. The number of hydrogen-bond donors (Lipinski definition) is 0. The van der Waals surface area contributed by atoms with Crippen LogP contribution in [0.15, 0.2) is 47.1 Å². The number of hydrogen-bond acceptors (Lipinski definition) is 4. The molecule has 1 aliphatic rings. The van der Waals surface area contributed by atoms with Gasteiger partial charge in [0.15, 0.2) is 0 Å². The molecule has 0 saturated carbocycles. The van der Waals surface area contributed by atoms with E-state index in [9.17, 15) is 13.2 Å². The number of ether oxygens (including phenoxy) is 1. The van der Waals surface area contributed by atoms with E-state index in [0.717, 1.165) is 55.2 Å². The summed E-state index contributed by atoms with van der Waals surface area (Å²) in [5.74, 6) is 1.41. The van der Waals surface area contributed by atoms with E-state index in [1.54, 1.807) is 0 Å². The maximum absolute atomic E-state index is 12.6. The minimum Gasteiger partial charge on any atom is -0.492 e. The van der Waals surface area contributed by atoms with Crippen molar-refractivity contribution in [3.8, 4) is 5.75 Å². The standard InChI is InChI=1S/C18H19BrF3N3O/c19-15-2-1-3-16(12-15)26-11-10-24-6-8-25(9-7-24)17-5-4-14(13-23-17)18(20,21)22/h1-5,12-13H,6-11H2. The van der Waals surface area contributed by atoms with Crippen molar-refractivity contribution in [1.29, 1.82) is 0 Å². The van der Waals surface area contributed by atoms with Crippen LogP contribution in [0.4, 0.5) is 19.0 Å². The van der Waals surface area contributed by atoms with Crippen LogP contribution in [0.1, 0.15) is 5.56 Å². The third-order valence-electron chi connectivity index (χ3n) is 4.24. The van der Waals surface area contributed by atoms with Gasteiger partial charge in [-0.05, 0) is 30.3 Å². The zero-order valence-electron chi connectivity index (χ0n) is 14.0. The molecule has 1 aromatic heterocycles. The molecule has 1 fully saturated rings. The highest BCUT2D eigenvalue weighted by Gasteiger charge is 2.31. The van der Waals surface area contributed by atoms with Gasteiger partial charge in [-0.3, -0.25) is 4.90 Å². The van der Waals surface area contributed by atoms with Crippen LogP contribution < -0.4 is 9.64 Å². The molecule has 2 aromatic rings. The maximum Gasteiger partial charge on any atom is 0.417 e. The highest BCUT2D eigenvalue weighted by molar-refractivity contribution is 9.10. The van der Waals surface area contributed by atoms with Crippen LogP contribution in [0.5, 0.6) is 5.75 Å². The number of halogens is 4. The summed E-state index contributed by atoms with van der Waals surface area (Å²) < 4.78 is 44.5. The van der Waals surface area contributed by atoms with Gasteiger partial charge in [0.1, 0.15) is 18.2 Å². The normalized spacial score (nSPS) is 15.9. The summed E-state index contributed by atoms with van der Waals surface area (Å²) >= 11 is 3.41. The summed E-state index contributed by atoms with van der Waals surface area (Å²) in [5, 5.41) is 0. The van der Waals surface area contributed by atoms with Crippen molar-refractivity contribution in [2.45, 2.75) is 6.18 Å². The summed E-state index contributed by atoms with van der Waals surface area (Å²) in [7, 11) is 0. The van der Waals surface area contributed by atoms with Gasteiger partial charge >= 0.3 is 6.18 Å². The molecule has 140 valence electrons. The second kappa shape index (κ2) is 8.26. The number of nitrogens with zero attached hydrogens (tertiary/aromatic N) is 3. The molecule has 8 heteroatoms. The van der Waals surface area contributed by atoms with Crippen molar-refractivity contribution >= 4 is 21.7 Å². The van der Waals surface area contributed by atoms with Crippen LogP contribution in [0.2, 0.25) is 0 Å². The Kier molecular flexibility index (Phi) is 6.03. The molecular weight excluding hydrogens is 411 g/mol. The lowest BCUT2D eigenvalue weighted by atomic mass is 10.2. The first kappa shape index (κ1) is 19.0. The van der Waals surface area contributed by atoms with Gasteiger partial charge in [-0.1, -0.05) is 22.0 Å². The van der Waals surface area contributed by atoms with Crippen LogP contribution in [-0.4, -0.2) is 49.2 Å². The van der Waals surface area contributed by atoms with E-state index in [1.807, 2.05) is 29.2 Å². The van der Waals surface area contributed by atoms with Crippen molar-refractivity contribution in [2.24, 2.45) is 0 Å². The van der Waals surface area contributed by atoms with Crippen molar-refractivity contribution in [1.82, 2.24) is 9.88 Å². The van der Waals surface area contributed by atoms with Gasteiger partial charge in [0.05, 0.1) is 5.56 Å². The molecule has 1 saturated heterocycles. The Labute approximate surface area is 158 Å². The Morgan fingerprint density at radius 2 is 1.85 bits per heavy atom. The minimum atomic E-state index is -4.35. The van der Waals surface area contributed by atoms with E-state index in [0.29, 0.717) is 12.4 Å². The molecule has 1 aromatic carbocycles. The first-order valence-corrected chi connectivity index (χ1v) is 9.10. The average molecular weight is 430 g/mol. The monoisotopic (exact) mass is 429 g/mol. The molecule has 0 N–H and O–H groups in total. The number of alkyl halides is 3. The first-order chi connectivity index (χ1) is 12.4. The molecule has 0 spiro atoms. The quantitative estimate of drug-likeness (QED) is 0.716. The Morgan fingerprint density at radius 3 is 2.46 bits per heavy atom. The number of aromatic nitrogens is 1. The molecule has 26 heavy (non-hydrogen) atoms. The summed E-state index contributed by atoms with van der Waals surface area (Å²) in [6.07, 6.45) is -3.45. The first-order valence-electron chi connectivity index (χ1n) is 8.31. The van der Waals surface area contributed by atoms with Crippen LogP contribution in [0, 0.1) is 0 Å². The Bertz CT molecular complexity index is 716. The maximum atomic E-state index is 12.6. The molecular formula is C18H19BrF3N3O. The van der Waals surface area contributed by atoms with E-state index < -0.39 is 11.7 Å². The SMILES string of the molecule is FC(F)(F)c1ccc(N2CCN(CCOc3cccc(Br)c3)CC2)nc1. The summed E-state index contributed by atoms with van der Waals surface area (Å²) in [5.41, 5.74) is -0.718. The van der Waals surface area contributed by atoms with Crippen molar-refractivity contribution in [2.75, 3.05) is 44.2 Å². The van der Waals surface area contributed by atoms with Gasteiger partial charge in [-0.25, -0.2) is 4.98 Å². The van der Waals surface area contributed by atoms with Crippen molar-refractivity contribution in [3.63, 3.8) is 0 Å². The lowest BCUT2D eigenvalue weighted by molar-refractivity contribution is -0.137. The molecule has 4 nitrogen and oxygen atoms in total. The fraction of sp³-hybridized carbons (Fsp3) is 0.389. The molecule has 0 atom stereocenters. The van der Waals surface area contributed by atoms with Gasteiger partial charge < -0.3 is 9.64 Å². The summed E-state index contributed by atoms with van der Waals surface area (Å²) in [4.78, 5) is 8.24. The number of rotatable bonds is 5. The minimum absolute atomic E-state index is 0.586.